The van der Waals surface area contributed by atoms with Crippen LogP contribution in [-0.4, -0.2) is 6.21 Å². The van der Waals surface area contributed by atoms with Crippen LogP contribution in [0.1, 0.15) is 0 Å². The Bertz CT molecular complexity index is 122. The van der Waals surface area contributed by atoms with Crippen LogP contribution in [0.2, 0.25) is 0 Å². The summed E-state index contributed by atoms with van der Waals surface area (Å²) in [6.45, 7) is 0. The van der Waals surface area contributed by atoms with E-state index in [0.717, 1.165) is 0 Å². The lowest BCUT2D eigenvalue weighted by Crippen LogP contribution is -1.95. The predicted octanol–water partition coefficient (Wildman–Crippen LogP) is 0.764. The summed E-state index contributed by atoms with van der Waals surface area (Å²) in [4.78, 5) is 0. The second kappa shape index (κ2) is 2.84. The zero-order valence-electron chi connectivity index (χ0n) is 3.98. The molecule has 0 saturated carbocycles. The van der Waals surface area contributed by atoms with Gasteiger partial charge >= 0.3 is 0 Å². The van der Waals surface area contributed by atoms with E-state index in [9.17, 15) is 4.39 Å². The number of hydrogen-bond donors (Lipinski definition) is 3. The van der Waals surface area contributed by atoms with Gasteiger partial charge in [0.1, 0.15) is 0 Å². The number of allylic oxidation sites excluding steroid dienone is 1. The normalized spacial score (nSPS) is 12.1. The minimum atomic E-state index is -0.986. The molecule has 0 aromatic rings. The topological polar surface area (TPSA) is 86.1 Å². The highest BCUT2D eigenvalue weighted by atomic mass is 19.1. The number of hydrogen-bond acceptors (Lipinski definition) is 4. The molecule has 0 fully saturated rings. The molecule has 0 unspecified atom stereocenters. The molecule has 0 heterocycles. The first-order valence-electron chi connectivity index (χ1n) is 1.75. The van der Waals surface area contributed by atoms with Crippen molar-refractivity contribution in [1.82, 2.24) is 0 Å². The average molecular weight is 116 g/mol. The van der Waals surface area contributed by atoms with Crippen molar-refractivity contribution in [2.45, 2.75) is 0 Å². The van der Waals surface area contributed by atoms with E-state index in [1.54, 1.807) is 0 Å². The highest BCUT2D eigenvalue weighted by molar-refractivity contribution is 5.73. The fourth-order valence-electron chi connectivity index (χ4n) is 0.127. The van der Waals surface area contributed by atoms with E-state index >= 15 is 0 Å². The van der Waals surface area contributed by atoms with Crippen molar-refractivity contribution in [3.63, 3.8) is 0 Å². The first kappa shape index (κ1) is 6.74. The van der Waals surface area contributed by atoms with Crippen LogP contribution in [-0.2, 0) is 0 Å². The third-order valence-electron chi connectivity index (χ3n) is 0.492. The lowest BCUT2D eigenvalue weighted by molar-refractivity contribution is 0.664. The third-order valence-corrected chi connectivity index (χ3v) is 0.492. The van der Waals surface area contributed by atoms with Crippen LogP contribution in [0.25, 0.3) is 0 Å². The molecule has 0 aliphatic rings. The van der Waals surface area contributed by atoms with Gasteiger partial charge in [0, 0.05) is 0 Å². The molecule has 5 heteroatoms. The number of nitrogens with zero attached hydrogens (tertiary/aromatic N) is 1. The molecule has 0 aliphatic heterocycles. The van der Waals surface area contributed by atoms with E-state index in [0.29, 0.717) is 6.21 Å². The van der Waals surface area contributed by atoms with Crippen LogP contribution in [0.5, 0.6) is 0 Å². The molecule has 0 saturated heterocycles. The Morgan fingerprint density at radius 3 is 2.38 bits per heavy atom. The maximum absolute atomic E-state index is 11.8. The second-order valence-corrected chi connectivity index (χ2v) is 0.989. The van der Waals surface area contributed by atoms with Gasteiger partial charge in [0.25, 0.3) is 0 Å². The van der Waals surface area contributed by atoms with Gasteiger partial charge in [-0.1, -0.05) is 0 Å². The van der Waals surface area contributed by atoms with Crippen molar-refractivity contribution in [3.05, 3.63) is 11.6 Å². The molecule has 0 aromatic heterocycles. The minimum Gasteiger partial charge on any atom is -0.380 e. The summed E-state index contributed by atoms with van der Waals surface area (Å²) in [5.74, 6) is -1.56. The average Bonchev–Trinajstić information content (AvgIpc) is 1.84. The molecule has 0 amide bonds. The molecule has 0 bridgehead atoms. The predicted molar refractivity (Wildman–Crippen MR) is 26.3 cm³/mol. The molecule has 4 N–H and O–H groups in total. The summed E-state index contributed by atoms with van der Waals surface area (Å²) < 4.78 is 11.8. The van der Waals surface area contributed by atoms with Gasteiger partial charge in [-0.25, -0.2) is 9.92 Å². The fourth-order valence-corrected chi connectivity index (χ4v) is 0.127. The monoisotopic (exact) mass is 116 g/mol. The first-order chi connectivity index (χ1) is 3.72. The van der Waals surface area contributed by atoms with Crippen molar-refractivity contribution in [2.24, 2.45) is 10.8 Å². The molecule has 0 rings (SSSR count). The molecular formula is C3H5FN4. The van der Waals surface area contributed by atoms with Gasteiger partial charge in [-0.05, 0) is 0 Å². The van der Waals surface area contributed by atoms with Gasteiger partial charge < -0.3 is 11.1 Å². The summed E-state index contributed by atoms with van der Waals surface area (Å²) >= 11 is 0. The zero-order chi connectivity index (χ0) is 6.57. The highest BCUT2D eigenvalue weighted by Crippen LogP contribution is 1.95. The van der Waals surface area contributed by atoms with Gasteiger partial charge in [0.05, 0.1) is 6.21 Å². The van der Waals surface area contributed by atoms with Crippen molar-refractivity contribution < 1.29 is 4.39 Å². The van der Waals surface area contributed by atoms with Crippen LogP contribution in [0, 0.1) is 10.9 Å². The van der Waals surface area contributed by atoms with E-state index in [4.69, 9.17) is 16.7 Å². The van der Waals surface area contributed by atoms with E-state index in [2.05, 4.69) is 5.11 Å². The zero-order valence-corrected chi connectivity index (χ0v) is 3.98. The van der Waals surface area contributed by atoms with Crippen LogP contribution in [0.15, 0.2) is 16.8 Å². The fraction of sp³-hybridized carbons (Fsp3) is 0. The van der Waals surface area contributed by atoms with E-state index in [-0.39, 0.29) is 0 Å². The number of nitrogens with two attached hydrogens (primary N) is 1. The molecule has 0 aromatic carbocycles. The lowest BCUT2D eigenvalue weighted by atomic mass is 10.6. The Labute approximate surface area is 45.2 Å². The summed E-state index contributed by atoms with van der Waals surface area (Å²) in [6, 6.07) is 0. The standard InChI is InChI=1S/C3H5FN4/c4-2(1-5)3(6)8-7/h1,5,7H,6H2/b3-2-,5-1?,8-7?. The molecule has 8 heavy (non-hydrogen) atoms. The van der Waals surface area contributed by atoms with Crippen molar-refractivity contribution in [3.8, 4) is 0 Å². The Balaban J connectivity index is 4.25. The van der Waals surface area contributed by atoms with Gasteiger partial charge in [-0.2, -0.15) is 0 Å². The van der Waals surface area contributed by atoms with Gasteiger partial charge in [0.15, 0.2) is 11.6 Å². The second-order valence-electron chi connectivity index (χ2n) is 0.989. The van der Waals surface area contributed by atoms with Crippen LogP contribution in [0.3, 0.4) is 0 Å². The quantitative estimate of drug-likeness (QED) is 0.361. The molecule has 4 nitrogen and oxygen atoms in total. The minimum absolute atomic E-state index is 0.396. The maximum atomic E-state index is 11.8. The van der Waals surface area contributed by atoms with Crippen molar-refractivity contribution in [2.75, 3.05) is 0 Å². The van der Waals surface area contributed by atoms with Gasteiger partial charge in [-0.3, -0.25) is 0 Å². The number of nitrogens with one attached hydrogen (secondary N) is 2. The third kappa shape index (κ3) is 1.46. The molecule has 0 radical (unpaired) electrons. The molecule has 44 valence electrons. The Hall–Kier alpha value is -1.26. The maximum Gasteiger partial charge on any atom is 0.184 e. The summed E-state index contributed by atoms with van der Waals surface area (Å²) in [5, 5.41) is 8.80. The first-order valence-corrected chi connectivity index (χ1v) is 1.75. The van der Waals surface area contributed by atoms with E-state index in [1.165, 1.54) is 0 Å². The number of halogens is 1. The van der Waals surface area contributed by atoms with Crippen molar-refractivity contribution >= 4 is 6.21 Å². The van der Waals surface area contributed by atoms with Crippen LogP contribution < -0.4 is 5.73 Å². The largest absolute Gasteiger partial charge is 0.380 e. The summed E-state index contributed by atoms with van der Waals surface area (Å²) in [5.41, 5.74) is 10.9. The molecule has 0 atom stereocenters. The Morgan fingerprint density at radius 1 is 1.75 bits per heavy atom. The van der Waals surface area contributed by atoms with Crippen LogP contribution >= 0.6 is 0 Å². The molecule has 0 aliphatic carbocycles. The molecular weight excluding hydrogens is 111 g/mol. The van der Waals surface area contributed by atoms with Crippen LogP contribution in [0.4, 0.5) is 4.39 Å². The molecule has 0 spiro atoms. The Morgan fingerprint density at radius 2 is 2.25 bits per heavy atom. The van der Waals surface area contributed by atoms with Crippen molar-refractivity contribution in [1.29, 1.82) is 10.9 Å². The number of rotatable bonds is 2. The lowest BCUT2D eigenvalue weighted by Gasteiger charge is -1.84. The smallest absolute Gasteiger partial charge is 0.184 e. The SMILES string of the molecule is N=C/C(F)=C(\N)N=N. The summed E-state index contributed by atoms with van der Waals surface area (Å²) in [7, 11) is 0. The van der Waals surface area contributed by atoms with E-state index < -0.39 is 11.6 Å². The van der Waals surface area contributed by atoms with Gasteiger partial charge in [-0.15, -0.1) is 5.11 Å². The van der Waals surface area contributed by atoms with E-state index in [1.807, 2.05) is 0 Å². The summed E-state index contributed by atoms with van der Waals surface area (Å²) in [6.07, 6.45) is 0.396. The van der Waals surface area contributed by atoms with Gasteiger partial charge in [0.2, 0.25) is 0 Å². The highest BCUT2D eigenvalue weighted by Gasteiger charge is 1.93. The Kier molecular flexibility index (Phi) is 2.39.